The van der Waals surface area contributed by atoms with Crippen LogP contribution in [0, 0.1) is 22.5 Å². The van der Waals surface area contributed by atoms with Gasteiger partial charge in [0.2, 0.25) is 0 Å². The summed E-state index contributed by atoms with van der Waals surface area (Å²) in [5.74, 6) is 1.17. The van der Waals surface area contributed by atoms with E-state index in [1.165, 1.54) is 29.2 Å². The highest BCUT2D eigenvalue weighted by Gasteiger charge is 2.50. The van der Waals surface area contributed by atoms with Crippen LogP contribution in [0.3, 0.4) is 0 Å². The van der Waals surface area contributed by atoms with Crippen molar-refractivity contribution in [2.24, 2.45) is 0 Å². The molecule has 0 unspecified atom stereocenters. The lowest BCUT2D eigenvalue weighted by Crippen LogP contribution is -2.42. The Morgan fingerprint density at radius 3 is 2.56 bits per heavy atom. The molecule has 1 amide bonds. The molecule has 27 heavy (non-hydrogen) atoms. The van der Waals surface area contributed by atoms with E-state index < -0.39 is 28.6 Å². The van der Waals surface area contributed by atoms with Crippen LogP contribution in [-0.2, 0) is 10.4 Å². The van der Waals surface area contributed by atoms with Crippen molar-refractivity contribution in [2.75, 3.05) is 11.4 Å². The fraction of sp³-hybridized carbons (Fsp3) is 0.158. The highest BCUT2D eigenvalue weighted by Crippen LogP contribution is 2.44. The highest BCUT2D eigenvalue weighted by molar-refractivity contribution is 9.10. The maximum Gasteiger partial charge on any atom is 0.269 e. The maximum absolute atomic E-state index is 12.8. The van der Waals surface area contributed by atoms with E-state index in [4.69, 9.17) is 6.42 Å². The molecule has 0 bridgehead atoms. The maximum atomic E-state index is 12.8. The Hall–Kier alpha value is -3.02. The van der Waals surface area contributed by atoms with Gasteiger partial charge in [0.1, 0.15) is 0 Å². The summed E-state index contributed by atoms with van der Waals surface area (Å²) in [5, 5.41) is 21.8. The summed E-state index contributed by atoms with van der Waals surface area (Å²) in [5.41, 5.74) is -1.33. The van der Waals surface area contributed by atoms with E-state index in [1.54, 1.807) is 18.2 Å². The van der Waals surface area contributed by atoms with Gasteiger partial charge in [0, 0.05) is 27.7 Å². The molecular weight excluding hydrogens is 416 g/mol. The highest BCUT2D eigenvalue weighted by atomic mass is 79.9. The zero-order chi connectivity index (χ0) is 19.8. The van der Waals surface area contributed by atoms with Gasteiger partial charge in [-0.15, -0.1) is 6.42 Å². The number of nitrogens with zero attached hydrogens (tertiary/aromatic N) is 2. The van der Waals surface area contributed by atoms with Gasteiger partial charge < -0.3 is 5.11 Å². The number of halogens is 1. The van der Waals surface area contributed by atoms with E-state index in [9.17, 15) is 24.8 Å². The average molecular weight is 429 g/mol. The summed E-state index contributed by atoms with van der Waals surface area (Å²) in [6.45, 7) is -0.0402. The molecule has 0 saturated carbocycles. The second-order valence-electron chi connectivity index (χ2n) is 6.02. The summed E-state index contributed by atoms with van der Waals surface area (Å²) >= 11 is 3.30. The first-order valence-electron chi connectivity index (χ1n) is 7.83. The molecule has 7 nitrogen and oxygen atoms in total. The van der Waals surface area contributed by atoms with Crippen molar-refractivity contribution in [1.82, 2.24) is 0 Å². The zero-order valence-electron chi connectivity index (χ0n) is 13.9. The van der Waals surface area contributed by atoms with Crippen molar-refractivity contribution in [3.63, 3.8) is 0 Å². The Balaban J connectivity index is 1.96. The standard InChI is InChI=1S/C19H13BrN2O5/c1-2-9-21-16-8-5-13(20)10-15(16)19(25,18(21)24)11-17(23)12-3-6-14(7-4-12)22(26)27/h1,3-8,10,25H,9,11H2/t19-/m0/s1. The predicted octanol–water partition coefficient (Wildman–Crippen LogP) is 2.80. The van der Waals surface area contributed by atoms with Crippen molar-refractivity contribution < 1.29 is 19.6 Å². The van der Waals surface area contributed by atoms with Crippen LogP contribution in [0.2, 0.25) is 0 Å². The number of anilines is 1. The number of ketones is 1. The molecule has 1 atom stereocenters. The summed E-state index contributed by atoms with van der Waals surface area (Å²) in [4.78, 5) is 36.9. The smallest absolute Gasteiger partial charge is 0.269 e. The number of nitro groups is 1. The minimum absolute atomic E-state index is 0.0402. The Labute approximate surface area is 162 Å². The molecule has 2 aromatic carbocycles. The topological polar surface area (TPSA) is 101 Å². The summed E-state index contributed by atoms with van der Waals surface area (Å²) in [6, 6.07) is 9.91. The molecule has 0 fully saturated rings. The molecule has 0 aromatic heterocycles. The van der Waals surface area contributed by atoms with Gasteiger partial charge in [-0.1, -0.05) is 21.9 Å². The third-order valence-corrected chi connectivity index (χ3v) is 4.85. The number of terminal acetylenes is 1. The fourth-order valence-corrected chi connectivity index (χ4v) is 3.41. The number of amides is 1. The Bertz CT molecular complexity index is 996. The van der Waals surface area contributed by atoms with E-state index >= 15 is 0 Å². The molecule has 1 aliphatic rings. The quantitative estimate of drug-likeness (QED) is 0.341. The number of non-ortho nitro benzene ring substituents is 1. The van der Waals surface area contributed by atoms with Crippen LogP contribution in [0.4, 0.5) is 11.4 Å². The van der Waals surface area contributed by atoms with Crippen molar-refractivity contribution >= 4 is 39.0 Å². The number of Topliss-reactive ketones (excluding diaryl/α,β-unsaturated/α-hetero) is 1. The summed E-state index contributed by atoms with van der Waals surface area (Å²) in [7, 11) is 0. The minimum Gasteiger partial charge on any atom is -0.375 e. The number of nitro benzene ring substituents is 1. The molecule has 1 N–H and O–H groups in total. The van der Waals surface area contributed by atoms with Crippen LogP contribution in [0.1, 0.15) is 22.3 Å². The van der Waals surface area contributed by atoms with E-state index in [2.05, 4.69) is 21.9 Å². The van der Waals surface area contributed by atoms with E-state index in [0.29, 0.717) is 10.2 Å². The lowest BCUT2D eigenvalue weighted by atomic mass is 9.88. The first-order chi connectivity index (χ1) is 12.8. The second kappa shape index (κ2) is 6.95. The molecule has 1 heterocycles. The second-order valence-corrected chi connectivity index (χ2v) is 6.94. The molecular formula is C19H13BrN2O5. The van der Waals surface area contributed by atoms with Gasteiger partial charge in [0.15, 0.2) is 11.4 Å². The number of hydrogen-bond donors (Lipinski definition) is 1. The number of fused-ring (bicyclic) bond motifs is 1. The third kappa shape index (κ3) is 3.23. The van der Waals surface area contributed by atoms with Crippen LogP contribution in [0.5, 0.6) is 0 Å². The molecule has 0 radical (unpaired) electrons. The van der Waals surface area contributed by atoms with Crippen molar-refractivity contribution in [3.8, 4) is 12.3 Å². The van der Waals surface area contributed by atoms with Gasteiger partial charge in [0.25, 0.3) is 11.6 Å². The van der Waals surface area contributed by atoms with Gasteiger partial charge in [0.05, 0.1) is 23.6 Å². The van der Waals surface area contributed by atoms with Crippen molar-refractivity contribution in [2.45, 2.75) is 12.0 Å². The molecule has 2 aromatic rings. The lowest BCUT2D eigenvalue weighted by Gasteiger charge is -2.21. The van der Waals surface area contributed by atoms with Gasteiger partial charge in [-0.25, -0.2) is 0 Å². The molecule has 3 rings (SSSR count). The van der Waals surface area contributed by atoms with Crippen LogP contribution < -0.4 is 4.90 Å². The molecule has 1 aliphatic heterocycles. The Morgan fingerprint density at radius 2 is 1.96 bits per heavy atom. The SMILES string of the molecule is C#CCN1C(=O)[C@](O)(CC(=O)c2ccc([N+](=O)[O-])cc2)c2cc(Br)ccc21. The molecule has 0 saturated heterocycles. The first-order valence-corrected chi connectivity index (χ1v) is 8.62. The normalized spacial score (nSPS) is 18.1. The first kappa shape index (κ1) is 18.8. The summed E-state index contributed by atoms with van der Waals surface area (Å²) in [6.07, 6.45) is 4.81. The van der Waals surface area contributed by atoms with Gasteiger partial charge in [-0.3, -0.25) is 24.6 Å². The predicted molar refractivity (Wildman–Crippen MR) is 101 cm³/mol. The number of aliphatic hydroxyl groups is 1. The summed E-state index contributed by atoms with van der Waals surface area (Å²) < 4.78 is 0.637. The third-order valence-electron chi connectivity index (χ3n) is 4.36. The average Bonchev–Trinajstić information content (AvgIpc) is 2.84. The lowest BCUT2D eigenvalue weighted by molar-refractivity contribution is -0.384. The Kier molecular flexibility index (Phi) is 4.83. The van der Waals surface area contributed by atoms with E-state index in [1.807, 2.05) is 0 Å². The van der Waals surface area contributed by atoms with Crippen molar-refractivity contribution in [3.05, 3.63) is 68.2 Å². The Morgan fingerprint density at radius 1 is 1.30 bits per heavy atom. The number of rotatable bonds is 5. The molecule has 0 spiro atoms. The van der Waals surface area contributed by atoms with Gasteiger partial charge >= 0.3 is 0 Å². The van der Waals surface area contributed by atoms with Crippen LogP contribution in [-0.4, -0.2) is 28.3 Å². The zero-order valence-corrected chi connectivity index (χ0v) is 15.5. The van der Waals surface area contributed by atoms with Crippen LogP contribution in [0.15, 0.2) is 46.9 Å². The van der Waals surface area contributed by atoms with E-state index in [0.717, 1.165) is 0 Å². The van der Waals surface area contributed by atoms with Crippen LogP contribution >= 0.6 is 15.9 Å². The van der Waals surface area contributed by atoms with E-state index in [-0.39, 0.29) is 23.4 Å². The number of benzene rings is 2. The number of hydrogen-bond acceptors (Lipinski definition) is 5. The molecule has 0 aliphatic carbocycles. The van der Waals surface area contributed by atoms with Crippen molar-refractivity contribution in [1.29, 1.82) is 0 Å². The van der Waals surface area contributed by atoms with Gasteiger partial charge in [-0.05, 0) is 30.3 Å². The minimum atomic E-state index is -2.06. The monoisotopic (exact) mass is 428 g/mol. The van der Waals surface area contributed by atoms with Gasteiger partial charge in [-0.2, -0.15) is 0 Å². The van der Waals surface area contributed by atoms with Crippen LogP contribution in [0.25, 0.3) is 0 Å². The number of carbonyl (C=O) groups is 2. The largest absolute Gasteiger partial charge is 0.375 e. The molecule has 8 heteroatoms. The number of carbonyl (C=O) groups excluding carboxylic acids is 2. The molecule has 136 valence electrons. The fourth-order valence-electron chi connectivity index (χ4n) is 3.05.